The van der Waals surface area contributed by atoms with Crippen LogP contribution in [0.5, 0.6) is 23.0 Å². The molecule has 0 saturated heterocycles. The Morgan fingerprint density at radius 3 is 1.54 bits per heavy atom. The van der Waals surface area contributed by atoms with Crippen LogP contribution in [-0.2, 0) is 0 Å². The lowest BCUT2D eigenvalue weighted by Crippen LogP contribution is -1.98. The van der Waals surface area contributed by atoms with Gasteiger partial charge in [-0.15, -0.1) is 0 Å². The SMILES string of the molecule is C=Cc1c(/C(O)=C\C)c2cc(OC)c(OC)cc2c2cc(OC)c(OC)cc12. The average molecular weight is 380 g/mol. The summed E-state index contributed by atoms with van der Waals surface area (Å²) in [5.74, 6) is 2.55. The Kier molecular flexibility index (Phi) is 5.36. The zero-order chi connectivity index (χ0) is 20.4. The summed E-state index contributed by atoms with van der Waals surface area (Å²) in [6.45, 7) is 5.76. The maximum atomic E-state index is 10.7. The van der Waals surface area contributed by atoms with Crippen LogP contribution in [0.1, 0.15) is 18.1 Å². The molecule has 5 nitrogen and oxygen atoms in total. The Morgan fingerprint density at radius 2 is 1.14 bits per heavy atom. The maximum Gasteiger partial charge on any atom is 0.161 e. The number of hydrogen-bond acceptors (Lipinski definition) is 5. The predicted octanol–water partition coefficient (Wildman–Crippen LogP) is 5.59. The van der Waals surface area contributed by atoms with Gasteiger partial charge in [0.15, 0.2) is 23.0 Å². The van der Waals surface area contributed by atoms with Crippen LogP contribution in [0.3, 0.4) is 0 Å². The Labute approximate surface area is 164 Å². The van der Waals surface area contributed by atoms with Crippen LogP contribution in [0.15, 0.2) is 36.9 Å². The van der Waals surface area contributed by atoms with Crippen molar-refractivity contribution in [3.05, 3.63) is 48.0 Å². The second-order valence-corrected chi connectivity index (χ2v) is 6.17. The lowest BCUT2D eigenvalue weighted by Gasteiger charge is -2.19. The molecule has 0 spiro atoms. The molecule has 146 valence electrons. The molecule has 3 aromatic carbocycles. The molecule has 0 heterocycles. The first-order chi connectivity index (χ1) is 13.5. The molecule has 0 radical (unpaired) electrons. The smallest absolute Gasteiger partial charge is 0.161 e. The molecule has 0 aliphatic heterocycles. The van der Waals surface area contributed by atoms with Gasteiger partial charge in [0.25, 0.3) is 0 Å². The summed E-state index contributed by atoms with van der Waals surface area (Å²) in [6, 6.07) is 7.59. The molecule has 3 rings (SSSR count). The summed E-state index contributed by atoms with van der Waals surface area (Å²) in [6.07, 6.45) is 3.39. The number of aliphatic hydroxyl groups is 1. The van der Waals surface area contributed by atoms with Crippen LogP contribution in [0.25, 0.3) is 33.4 Å². The first kappa shape index (κ1) is 19.4. The molecule has 0 atom stereocenters. The molecule has 0 amide bonds. The van der Waals surface area contributed by atoms with Crippen molar-refractivity contribution in [3.63, 3.8) is 0 Å². The monoisotopic (exact) mass is 380 g/mol. The van der Waals surface area contributed by atoms with E-state index >= 15 is 0 Å². The Balaban J connectivity index is 2.66. The lowest BCUT2D eigenvalue weighted by molar-refractivity contribution is 0.355. The van der Waals surface area contributed by atoms with Gasteiger partial charge in [-0.1, -0.05) is 12.7 Å². The van der Waals surface area contributed by atoms with E-state index in [-0.39, 0.29) is 5.76 Å². The first-order valence-corrected chi connectivity index (χ1v) is 8.80. The standard InChI is InChI=1S/C23H24O5/c1-7-13-14-9-19(25-3)20(26-4)10-15(14)16-11-21(27-5)22(28-6)12-17(16)23(13)18(24)8-2/h7-12,24H,1H2,2-6H3/b18-8+. The third kappa shape index (κ3) is 2.89. The fourth-order valence-corrected chi connectivity index (χ4v) is 3.55. The normalized spacial score (nSPS) is 11.5. The van der Waals surface area contributed by atoms with Crippen molar-refractivity contribution in [2.24, 2.45) is 0 Å². The van der Waals surface area contributed by atoms with E-state index in [0.717, 1.165) is 27.1 Å². The second-order valence-electron chi connectivity index (χ2n) is 6.17. The van der Waals surface area contributed by atoms with Gasteiger partial charge >= 0.3 is 0 Å². The van der Waals surface area contributed by atoms with Gasteiger partial charge in [0.05, 0.1) is 28.4 Å². The van der Waals surface area contributed by atoms with Crippen molar-refractivity contribution in [2.45, 2.75) is 6.92 Å². The van der Waals surface area contributed by atoms with E-state index in [4.69, 9.17) is 18.9 Å². The average Bonchev–Trinajstić information content (AvgIpc) is 2.75. The Bertz CT molecular complexity index is 1100. The largest absolute Gasteiger partial charge is 0.508 e. The highest BCUT2D eigenvalue weighted by molar-refractivity contribution is 6.17. The summed E-state index contributed by atoms with van der Waals surface area (Å²) in [5.41, 5.74) is 1.47. The van der Waals surface area contributed by atoms with Crippen molar-refractivity contribution in [3.8, 4) is 23.0 Å². The summed E-state index contributed by atoms with van der Waals surface area (Å²) in [4.78, 5) is 0. The van der Waals surface area contributed by atoms with Crippen molar-refractivity contribution >= 4 is 33.4 Å². The lowest BCUT2D eigenvalue weighted by atomic mass is 9.89. The minimum Gasteiger partial charge on any atom is -0.508 e. The molecular weight excluding hydrogens is 356 g/mol. The molecule has 0 aromatic heterocycles. The van der Waals surface area contributed by atoms with Gasteiger partial charge in [-0.25, -0.2) is 0 Å². The second kappa shape index (κ2) is 7.72. The van der Waals surface area contributed by atoms with Crippen LogP contribution < -0.4 is 18.9 Å². The van der Waals surface area contributed by atoms with Gasteiger partial charge in [0.1, 0.15) is 5.76 Å². The quantitative estimate of drug-likeness (QED) is 0.446. The number of aliphatic hydroxyl groups excluding tert-OH is 1. The Morgan fingerprint density at radius 1 is 0.750 bits per heavy atom. The van der Waals surface area contributed by atoms with E-state index < -0.39 is 0 Å². The summed E-state index contributed by atoms with van der Waals surface area (Å²) < 4.78 is 22.0. The molecule has 0 bridgehead atoms. The number of fused-ring (bicyclic) bond motifs is 3. The fourth-order valence-electron chi connectivity index (χ4n) is 3.55. The van der Waals surface area contributed by atoms with Gasteiger partial charge in [0, 0.05) is 5.56 Å². The molecule has 0 aliphatic rings. The number of rotatable bonds is 6. The van der Waals surface area contributed by atoms with E-state index in [1.165, 1.54) is 0 Å². The molecule has 0 fully saturated rings. The number of allylic oxidation sites excluding steroid dienone is 1. The maximum absolute atomic E-state index is 10.7. The van der Waals surface area contributed by atoms with E-state index in [1.54, 1.807) is 47.5 Å². The van der Waals surface area contributed by atoms with Crippen molar-refractivity contribution < 1.29 is 24.1 Å². The molecule has 5 heteroatoms. The first-order valence-electron chi connectivity index (χ1n) is 8.80. The molecule has 3 aromatic rings. The highest BCUT2D eigenvalue weighted by atomic mass is 16.5. The number of hydrogen-bond donors (Lipinski definition) is 1. The van der Waals surface area contributed by atoms with Gasteiger partial charge in [-0.05, 0) is 64.4 Å². The summed E-state index contributed by atoms with van der Waals surface area (Å²) in [7, 11) is 6.38. The molecule has 0 unspecified atom stereocenters. The highest BCUT2D eigenvalue weighted by Gasteiger charge is 2.20. The van der Waals surface area contributed by atoms with Crippen molar-refractivity contribution in [1.82, 2.24) is 0 Å². The fraction of sp³-hybridized carbons (Fsp3) is 0.217. The van der Waals surface area contributed by atoms with Crippen LogP contribution >= 0.6 is 0 Å². The van der Waals surface area contributed by atoms with Crippen molar-refractivity contribution in [1.29, 1.82) is 0 Å². The van der Waals surface area contributed by atoms with Gasteiger partial charge in [0.2, 0.25) is 0 Å². The van der Waals surface area contributed by atoms with Crippen LogP contribution in [-0.4, -0.2) is 33.5 Å². The third-order valence-corrected chi connectivity index (χ3v) is 4.90. The van der Waals surface area contributed by atoms with Crippen LogP contribution in [0.2, 0.25) is 0 Å². The van der Waals surface area contributed by atoms with Crippen LogP contribution in [0.4, 0.5) is 0 Å². The zero-order valence-corrected chi connectivity index (χ0v) is 16.8. The molecule has 28 heavy (non-hydrogen) atoms. The summed E-state index contributed by atoms with van der Waals surface area (Å²) >= 11 is 0. The van der Waals surface area contributed by atoms with Crippen LogP contribution in [0, 0.1) is 0 Å². The number of ether oxygens (including phenoxy) is 4. The molecule has 0 aliphatic carbocycles. The van der Waals surface area contributed by atoms with Gasteiger partial charge in [-0.3, -0.25) is 0 Å². The molecule has 0 saturated carbocycles. The van der Waals surface area contributed by atoms with E-state index in [9.17, 15) is 5.11 Å². The third-order valence-electron chi connectivity index (χ3n) is 4.90. The minimum absolute atomic E-state index is 0.156. The highest BCUT2D eigenvalue weighted by Crippen LogP contribution is 2.44. The van der Waals surface area contributed by atoms with Crippen molar-refractivity contribution in [2.75, 3.05) is 28.4 Å². The van der Waals surface area contributed by atoms with E-state index in [2.05, 4.69) is 6.58 Å². The van der Waals surface area contributed by atoms with Gasteiger partial charge < -0.3 is 24.1 Å². The number of methoxy groups -OCH3 is 4. The molecule has 1 N–H and O–H groups in total. The van der Waals surface area contributed by atoms with E-state index in [0.29, 0.717) is 28.6 Å². The summed E-state index contributed by atoms with van der Waals surface area (Å²) in [5, 5.41) is 14.2. The Hall–Kier alpha value is -3.34. The predicted molar refractivity (Wildman–Crippen MR) is 114 cm³/mol. The topological polar surface area (TPSA) is 57.2 Å². The number of benzene rings is 3. The van der Waals surface area contributed by atoms with Gasteiger partial charge in [-0.2, -0.15) is 0 Å². The molecular formula is C23H24O5. The van der Waals surface area contributed by atoms with E-state index in [1.807, 2.05) is 24.3 Å². The zero-order valence-electron chi connectivity index (χ0n) is 16.8. The minimum atomic E-state index is 0.156.